The van der Waals surface area contributed by atoms with E-state index in [9.17, 15) is 18.4 Å². The van der Waals surface area contributed by atoms with Crippen LogP contribution in [0, 0.1) is 11.6 Å². The van der Waals surface area contributed by atoms with Crippen molar-refractivity contribution < 1.29 is 23.1 Å². The van der Waals surface area contributed by atoms with E-state index in [-0.39, 0.29) is 5.56 Å². The summed E-state index contributed by atoms with van der Waals surface area (Å²) in [4.78, 5) is 24.1. The number of hydrogen-bond acceptors (Lipinski definition) is 3. The van der Waals surface area contributed by atoms with Gasteiger partial charge in [0.15, 0.2) is 17.7 Å². The van der Waals surface area contributed by atoms with Gasteiger partial charge in [0, 0.05) is 10.0 Å². The Morgan fingerprint density at radius 1 is 1.04 bits per heavy atom. The molecule has 1 amide bonds. The fourth-order valence-electron chi connectivity index (χ4n) is 2.17. The summed E-state index contributed by atoms with van der Waals surface area (Å²) in [6.07, 6.45) is -1.15. The molecule has 2 atom stereocenters. The summed E-state index contributed by atoms with van der Waals surface area (Å²) in [6.45, 7) is 3.07. The van der Waals surface area contributed by atoms with Gasteiger partial charge in [0.25, 0.3) is 5.91 Å². The summed E-state index contributed by atoms with van der Waals surface area (Å²) in [5.41, 5.74) is 0.445. The molecule has 4 nitrogen and oxygen atoms in total. The van der Waals surface area contributed by atoms with Crippen LogP contribution in [0.2, 0.25) is 10.0 Å². The smallest absolute Gasteiger partial charge is 0.339 e. The van der Waals surface area contributed by atoms with Crippen LogP contribution in [0.1, 0.15) is 35.8 Å². The van der Waals surface area contributed by atoms with Gasteiger partial charge in [-0.15, -0.1) is 0 Å². The van der Waals surface area contributed by atoms with Crippen molar-refractivity contribution in [1.29, 1.82) is 0 Å². The largest absolute Gasteiger partial charge is 0.449 e. The minimum absolute atomic E-state index is 0.197. The Hall–Kier alpha value is -2.18. The summed E-state index contributed by atoms with van der Waals surface area (Å²) in [5.74, 6) is -3.77. The highest BCUT2D eigenvalue weighted by atomic mass is 35.5. The molecular weight excluding hydrogens is 387 g/mol. The summed E-state index contributed by atoms with van der Waals surface area (Å²) < 4.78 is 31.1. The Labute approximate surface area is 159 Å². The molecule has 0 aromatic heterocycles. The standard InChI is InChI=1S/C18H15Cl2F2NO3/c1-9(13-5-4-12(19)8-14(13)20)23-17(24)10(2)26-18(25)11-3-6-15(21)16(22)7-11/h3-10H,1-2H3,(H,23,24). The molecule has 138 valence electrons. The molecule has 1 N–H and O–H groups in total. The number of hydrogen-bond donors (Lipinski definition) is 1. The van der Waals surface area contributed by atoms with Gasteiger partial charge in [-0.3, -0.25) is 4.79 Å². The first-order chi connectivity index (χ1) is 12.2. The van der Waals surface area contributed by atoms with Crippen LogP contribution in [-0.2, 0) is 9.53 Å². The number of carbonyl (C=O) groups is 2. The zero-order valence-electron chi connectivity index (χ0n) is 13.9. The maximum Gasteiger partial charge on any atom is 0.339 e. The average molecular weight is 402 g/mol. The van der Waals surface area contributed by atoms with Gasteiger partial charge in [-0.1, -0.05) is 29.3 Å². The molecule has 0 aliphatic rings. The molecule has 0 aliphatic carbocycles. The maximum absolute atomic E-state index is 13.2. The third-order valence-electron chi connectivity index (χ3n) is 3.60. The topological polar surface area (TPSA) is 55.4 Å². The molecule has 0 aliphatic heterocycles. The molecule has 2 unspecified atom stereocenters. The van der Waals surface area contributed by atoms with Crippen LogP contribution in [-0.4, -0.2) is 18.0 Å². The Balaban J connectivity index is 2.00. The molecule has 26 heavy (non-hydrogen) atoms. The van der Waals surface area contributed by atoms with Crippen LogP contribution < -0.4 is 5.32 Å². The van der Waals surface area contributed by atoms with E-state index in [0.717, 1.165) is 12.1 Å². The van der Waals surface area contributed by atoms with Gasteiger partial charge >= 0.3 is 5.97 Å². The van der Waals surface area contributed by atoms with Crippen molar-refractivity contribution in [2.45, 2.75) is 26.0 Å². The van der Waals surface area contributed by atoms with Crippen molar-refractivity contribution in [3.63, 3.8) is 0 Å². The number of rotatable bonds is 5. The second-order valence-corrected chi connectivity index (χ2v) is 6.42. The lowest BCUT2D eigenvalue weighted by Crippen LogP contribution is -2.37. The number of nitrogens with one attached hydrogen (secondary N) is 1. The van der Waals surface area contributed by atoms with Crippen LogP contribution in [0.15, 0.2) is 36.4 Å². The van der Waals surface area contributed by atoms with Gasteiger partial charge in [0.2, 0.25) is 0 Å². The van der Waals surface area contributed by atoms with Gasteiger partial charge in [0.05, 0.1) is 11.6 Å². The minimum Gasteiger partial charge on any atom is -0.449 e. The highest BCUT2D eigenvalue weighted by Crippen LogP contribution is 2.26. The summed E-state index contributed by atoms with van der Waals surface area (Å²) in [6, 6.07) is 6.98. The molecule has 2 aromatic carbocycles. The number of halogens is 4. The van der Waals surface area contributed by atoms with Gasteiger partial charge < -0.3 is 10.1 Å². The van der Waals surface area contributed by atoms with Crippen LogP contribution in [0.3, 0.4) is 0 Å². The van der Waals surface area contributed by atoms with Crippen LogP contribution in [0.25, 0.3) is 0 Å². The van der Waals surface area contributed by atoms with Crippen LogP contribution >= 0.6 is 23.2 Å². The lowest BCUT2D eigenvalue weighted by atomic mass is 10.1. The second kappa shape index (κ2) is 8.47. The molecule has 2 aromatic rings. The highest BCUT2D eigenvalue weighted by Gasteiger charge is 2.22. The molecule has 0 saturated heterocycles. The van der Waals surface area contributed by atoms with Crippen molar-refractivity contribution in [3.8, 4) is 0 Å². The minimum atomic E-state index is -1.18. The molecule has 0 spiro atoms. The second-order valence-electron chi connectivity index (χ2n) is 5.57. The molecule has 0 fully saturated rings. The van der Waals surface area contributed by atoms with Gasteiger partial charge in [-0.25, -0.2) is 13.6 Å². The first kappa shape index (κ1) is 20.1. The Morgan fingerprint density at radius 2 is 1.73 bits per heavy atom. The van der Waals surface area contributed by atoms with Crippen molar-refractivity contribution in [3.05, 3.63) is 69.2 Å². The molecule has 0 heterocycles. The number of benzene rings is 2. The monoisotopic (exact) mass is 401 g/mol. The number of carbonyl (C=O) groups excluding carboxylic acids is 2. The SMILES string of the molecule is CC(OC(=O)c1ccc(F)c(F)c1)C(=O)NC(C)c1ccc(Cl)cc1Cl. The van der Waals surface area contributed by atoms with E-state index in [1.165, 1.54) is 6.92 Å². The predicted octanol–water partition coefficient (Wildman–Crippen LogP) is 4.69. The van der Waals surface area contributed by atoms with E-state index < -0.39 is 35.7 Å². The first-order valence-corrected chi connectivity index (χ1v) is 8.36. The third-order valence-corrected chi connectivity index (χ3v) is 4.16. The summed E-state index contributed by atoms with van der Waals surface area (Å²) in [7, 11) is 0. The van der Waals surface area contributed by atoms with Gasteiger partial charge in [0.1, 0.15) is 0 Å². The Morgan fingerprint density at radius 3 is 2.35 bits per heavy atom. The normalized spacial score (nSPS) is 13.0. The quantitative estimate of drug-likeness (QED) is 0.739. The Bertz CT molecular complexity index is 845. The lowest BCUT2D eigenvalue weighted by Gasteiger charge is -2.19. The average Bonchev–Trinajstić information content (AvgIpc) is 2.56. The van der Waals surface area contributed by atoms with Crippen molar-refractivity contribution in [2.75, 3.05) is 0 Å². The van der Waals surface area contributed by atoms with Crippen molar-refractivity contribution in [2.24, 2.45) is 0 Å². The van der Waals surface area contributed by atoms with E-state index in [1.54, 1.807) is 25.1 Å². The van der Waals surface area contributed by atoms with E-state index in [4.69, 9.17) is 27.9 Å². The molecule has 0 saturated carbocycles. The van der Waals surface area contributed by atoms with E-state index >= 15 is 0 Å². The predicted molar refractivity (Wildman–Crippen MR) is 94.3 cm³/mol. The van der Waals surface area contributed by atoms with Gasteiger partial charge in [-0.2, -0.15) is 0 Å². The van der Waals surface area contributed by atoms with Gasteiger partial charge in [-0.05, 0) is 49.7 Å². The number of esters is 1. The fraction of sp³-hybridized carbons (Fsp3) is 0.222. The zero-order valence-corrected chi connectivity index (χ0v) is 15.4. The zero-order chi connectivity index (χ0) is 19.4. The fourth-order valence-corrected chi connectivity index (χ4v) is 2.74. The lowest BCUT2D eigenvalue weighted by molar-refractivity contribution is -0.129. The Kier molecular flexibility index (Phi) is 6.56. The van der Waals surface area contributed by atoms with E-state index in [2.05, 4.69) is 5.32 Å². The third kappa shape index (κ3) is 4.93. The summed E-state index contributed by atoms with van der Waals surface area (Å²) >= 11 is 11.9. The maximum atomic E-state index is 13.2. The molecule has 0 bridgehead atoms. The van der Waals surface area contributed by atoms with E-state index in [0.29, 0.717) is 21.7 Å². The van der Waals surface area contributed by atoms with E-state index in [1.807, 2.05) is 0 Å². The van der Waals surface area contributed by atoms with Crippen molar-refractivity contribution in [1.82, 2.24) is 5.32 Å². The molecule has 8 heteroatoms. The number of ether oxygens (including phenoxy) is 1. The molecule has 2 rings (SSSR count). The first-order valence-electron chi connectivity index (χ1n) is 7.60. The summed E-state index contributed by atoms with van der Waals surface area (Å²) in [5, 5.41) is 3.51. The van der Waals surface area contributed by atoms with Crippen molar-refractivity contribution >= 4 is 35.1 Å². The number of amides is 1. The molecular formula is C18H15Cl2F2NO3. The van der Waals surface area contributed by atoms with Crippen LogP contribution in [0.4, 0.5) is 8.78 Å². The highest BCUT2D eigenvalue weighted by molar-refractivity contribution is 6.35. The van der Waals surface area contributed by atoms with Crippen LogP contribution in [0.5, 0.6) is 0 Å². The molecule has 0 radical (unpaired) electrons.